The van der Waals surface area contributed by atoms with Crippen LogP contribution in [-0.4, -0.2) is 51.4 Å². The Balaban J connectivity index is 1.42. The summed E-state index contributed by atoms with van der Waals surface area (Å²) in [5.74, 6) is 2.50. The first-order valence-electron chi connectivity index (χ1n) is 12.8. The van der Waals surface area contributed by atoms with E-state index in [0.717, 1.165) is 56.3 Å². The quantitative estimate of drug-likeness (QED) is 0.387. The highest BCUT2D eigenvalue weighted by Gasteiger charge is 2.23. The molecule has 1 aliphatic rings. The molecule has 5 heteroatoms. The zero-order chi connectivity index (χ0) is 24.5. The Labute approximate surface area is 210 Å². The SMILES string of the molecule is CCN(CC)CCOc1ccc2c(c1)CCNC2c1ccc(OCCc2ccccc2)c(OC)c1. The van der Waals surface area contributed by atoms with Crippen molar-refractivity contribution in [2.24, 2.45) is 0 Å². The van der Waals surface area contributed by atoms with Crippen molar-refractivity contribution in [1.82, 2.24) is 10.2 Å². The molecule has 5 nitrogen and oxygen atoms in total. The molecule has 1 N–H and O–H groups in total. The summed E-state index contributed by atoms with van der Waals surface area (Å²) in [6.07, 6.45) is 1.86. The van der Waals surface area contributed by atoms with Crippen molar-refractivity contribution in [2.75, 3.05) is 46.5 Å². The van der Waals surface area contributed by atoms with Crippen molar-refractivity contribution in [3.05, 3.63) is 89.0 Å². The lowest BCUT2D eigenvalue weighted by Gasteiger charge is -2.28. The minimum Gasteiger partial charge on any atom is -0.493 e. The summed E-state index contributed by atoms with van der Waals surface area (Å²) in [6.45, 7) is 9.69. The molecule has 186 valence electrons. The molecule has 1 unspecified atom stereocenters. The fourth-order valence-electron chi connectivity index (χ4n) is 4.67. The lowest BCUT2D eigenvalue weighted by molar-refractivity contribution is 0.222. The minimum atomic E-state index is 0.121. The Hall–Kier alpha value is -3.02. The normalized spacial score (nSPS) is 15.0. The number of hydrogen-bond acceptors (Lipinski definition) is 5. The van der Waals surface area contributed by atoms with Gasteiger partial charge in [0.25, 0.3) is 0 Å². The first-order chi connectivity index (χ1) is 17.2. The van der Waals surface area contributed by atoms with Gasteiger partial charge in [0, 0.05) is 19.5 Å². The highest BCUT2D eigenvalue weighted by atomic mass is 16.5. The Bertz CT molecular complexity index is 1070. The van der Waals surface area contributed by atoms with E-state index < -0.39 is 0 Å². The zero-order valence-electron chi connectivity index (χ0n) is 21.3. The number of hydrogen-bond donors (Lipinski definition) is 1. The maximum atomic E-state index is 6.07. The van der Waals surface area contributed by atoms with Gasteiger partial charge >= 0.3 is 0 Å². The molecule has 0 fully saturated rings. The van der Waals surface area contributed by atoms with Gasteiger partial charge in [-0.15, -0.1) is 0 Å². The van der Waals surface area contributed by atoms with Crippen LogP contribution < -0.4 is 19.5 Å². The highest BCUT2D eigenvalue weighted by molar-refractivity contribution is 5.49. The van der Waals surface area contributed by atoms with Crippen LogP contribution in [0, 0.1) is 0 Å². The molecule has 1 heterocycles. The first-order valence-corrected chi connectivity index (χ1v) is 12.8. The van der Waals surface area contributed by atoms with Crippen LogP contribution in [0.15, 0.2) is 66.7 Å². The molecule has 0 bridgehead atoms. The third kappa shape index (κ3) is 6.56. The van der Waals surface area contributed by atoms with Crippen LogP contribution in [0.5, 0.6) is 17.2 Å². The van der Waals surface area contributed by atoms with E-state index in [1.165, 1.54) is 22.3 Å². The second-order valence-electron chi connectivity index (χ2n) is 8.87. The molecule has 3 aromatic carbocycles. The molecular formula is C30H38N2O3. The number of rotatable bonds is 12. The van der Waals surface area contributed by atoms with E-state index in [0.29, 0.717) is 13.2 Å². The molecule has 0 saturated carbocycles. The summed E-state index contributed by atoms with van der Waals surface area (Å²) < 4.78 is 17.8. The van der Waals surface area contributed by atoms with Gasteiger partial charge in [-0.3, -0.25) is 0 Å². The third-order valence-electron chi connectivity index (χ3n) is 6.75. The van der Waals surface area contributed by atoms with Crippen molar-refractivity contribution >= 4 is 0 Å². The van der Waals surface area contributed by atoms with Crippen molar-refractivity contribution in [3.8, 4) is 17.2 Å². The van der Waals surface area contributed by atoms with Gasteiger partial charge in [-0.2, -0.15) is 0 Å². The fraction of sp³-hybridized carbons (Fsp3) is 0.400. The molecule has 0 aliphatic carbocycles. The number of likely N-dealkylation sites (N-methyl/N-ethyl adjacent to an activating group) is 1. The Kier molecular flexibility index (Phi) is 9.04. The topological polar surface area (TPSA) is 43.0 Å². The van der Waals surface area contributed by atoms with Crippen molar-refractivity contribution in [2.45, 2.75) is 32.7 Å². The van der Waals surface area contributed by atoms with Gasteiger partial charge in [-0.05, 0) is 66.0 Å². The number of methoxy groups -OCH3 is 1. The molecule has 0 saturated heterocycles. The van der Waals surface area contributed by atoms with E-state index >= 15 is 0 Å². The Morgan fingerprint density at radius 2 is 1.71 bits per heavy atom. The van der Waals surface area contributed by atoms with Crippen LogP contribution >= 0.6 is 0 Å². The lowest BCUT2D eigenvalue weighted by atomic mass is 9.89. The van der Waals surface area contributed by atoms with E-state index in [-0.39, 0.29) is 6.04 Å². The average Bonchev–Trinajstić information content (AvgIpc) is 2.91. The molecule has 3 aromatic rings. The zero-order valence-corrected chi connectivity index (χ0v) is 21.3. The number of fused-ring (bicyclic) bond motifs is 1. The maximum Gasteiger partial charge on any atom is 0.161 e. The Morgan fingerprint density at radius 1 is 0.886 bits per heavy atom. The predicted molar refractivity (Wildman–Crippen MR) is 142 cm³/mol. The van der Waals surface area contributed by atoms with Crippen LogP contribution in [0.4, 0.5) is 0 Å². The van der Waals surface area contributed by atoms with E-state index in [1.54, 1.807) is 7.11 Å². The van der Waals surface area contributed by atoms with E-state index in [1.807, 2.05) is 12.1 Å². The smallest absolute Gasteiger partial charge is 0.161 e. The van der Waals surface area contributed by atoms with Gasteiger partial charge in [-0.25, -0.2) is 0 Å². The van der Waals surface area contributed by atoms with Crippen LogP contribution in [0.2, 0.25) is 0 Å². The summed E-state index contributed by atoms with van der Waals surface area (Å²) in [7, 11) is 1.70. The molecule has 0 aromatic heterocycles. The Morgan fingerprint density at radius 3 is 2.49 bits per heavy atom. The number of nitrogens with one attached hydrogen (secondary N) is 1. The number of benzene rings is 3. The summed E-state index contributed by atoms with van der Waals surface area (Å²) in [4.78, 5) is 2.38. The molecule has 35 heavy (non-hydrogen) atoms. The van der Waals surface area contributed by atoms with E-state index in [2.05, 4.69) is 78.7 Å². The fourth-order valence-corrected chi connectivity index (χ4v) is 4.67. The highest BCUT2D eigenvalue weighted by Crippen LogP contribution is 2.36. The second-order valence-corrected chi connectivity index (χ2v) is 8.87. The molecule has 0 radical (unpaired) electrons. The first kappa shape index (κ1) is 25.1. The molecular weight excluding hydrogens is 436 g/mol. The van der Waals surface area contributed by atoms with Crippen molar-refractivity contribution in [3.63, 3.8) is 0 Å². The lowest BCUT2D eigenvalue weighted by Crippen LogP contribution is -2.30. The van der Waals surface area contributed by atoms with E-state index in [4.69, 9.17) is 14.2 Å². The molecule has 1 atom stereocenters. The van der Waals surface area contributed by atoms with Gasteiger partial charge in [-0.1, -0.05) is 56.3 Å². The molecule has 1 aliphatic heterocycles. The van der Waals surface area contributed by atoms with Crippen LogP contribution in [0.3, 0.4) is 0 Å². The van der Waals surface area contributed by atoms with Crippen molar-refractivity contribution < 1.29 is 14.2 Å². The van der Waals surface area contributed by atoms with E-state index in [9.17, 15) is 0 Å². The summed E-state index contributed by atoms with van der Waals surface area (Å²) in [5, 5.41) is 3.68. The molecule has 4 rings (SSSR count). The van der Waals surface area contributed by atoms with Gasteiger partial charge < -0.3 is 24.4 Å². The molecule has 0 amide bonds. The standard InChI is InChI=1S/C30H38N2O3/c1-4-32(5-2)18-20-34-26-12-13-27-24(21-26)15-17-31-30(27)25-11-14-28(29(22-25)33-3)35-19-16-23-9-7-6-8-10-23/h6-14,21-22,30-31H,4-5,15-20H2,1-3H3. The van der Waals surface area contributed by atoms with Gasteiger partial charge in [0.15, 0.2) is 11.5 Å². The summed E-state index contributed by atoms with van der Waals surface area (Å²) in [6, 6.07) is 23.3. The maximum absolute atomic E-state index is 6.07. The van der Waals surface area contributed by atoms with Gasteiger partial charge in [0.1, 0.15) is 12.4 Å². The predicted octanol–water partition coefficient (Wildman–Crippen LogP) is 5.27. The summed E-state index contributed by atoms with van der Waals surface area (Å²) >= 11 is 0. The van der Waals surface area contributed by atoms with Crippen LogP contribution in [-0.2, 0) is 12.8 Å². The van der Waals surface area contributed by atoms with Gasteiger partial charge in [0.2, 0.25) is 0 Å². The average molecular weight is 475 g/mol. The number of nitrogens with zero attached hydrogens (tertiary/aromatic N) is 1. The third-order valence-corrected chi connectivity index (χ3v) is 6.75. The van der Waals surface area contributed by atoms with Crippen LogP contribution in [0.1, 0.15) is 42.1 Å². The van der Waals surface area contributed by atoms with Crippen molar-refractivity contribution in [1.29, 1.82) is 0 Å². The second kappa shape index (κ2) is 12.6. The molecule has 0 spiro atoms. The minimum absolute atomic E-state index is 0.121. The summed E-state index contributed by atoms with van der Waals surface area (Å²) in [5.41, 5.74) is 5.08. The van der Waals surface area contributed by atoms with Gasteiger partial charge in [0.05, 0.1) is 19.8 Å². The number of ether oxygens (including phenoxy) is 3. The monoisotopic (exact) mass is 474 g/mol. The largest absolute Gasteiger partial charge is 0.493 e. The van der Waals surface area contributed by atoms with Crippen LogP contribution in [0.25, 0.3) is 0 Å².